The fourth-order valence-corrected chi connectivity index (χ4v) is 4.15. The van der Waals surface area contributed by atoms with E-state index in [0.717, 1.165) is 52.3 Å². The van der Waals surface area contributed by atoms with Crippen molar-refractivity contribution in [2.45, 2.75) is 48.5 Å². The zero-order valence-corrected chi connectivity index (χ0v) is 21.6. The fourth-order valence-electron chi connectivity index (χ4n) is 4.15. The molecule has 0 spiro atoms. The van der Waals surface area contributed by atoms with Gasteiger partial charge in [-0.25, -0.2) is 4.39 Å². The maximum Gasteiger partial charge on any atom is 0.134 e. The van der Waals surface area contributed by atoms with Crippen molar-refractivity contribution in [3.05, 3.63) is 94.3 Å². The van der Waals surface area contributed by atoms with Crippen molar-refractivity contribution in [1.82, 2.24) is 0 Å². The fraction of sp³-hybridized carbons (Fsp3) is 0.290. The summed E-state index contributed by atoms with van der Waals surface area (Å²) in [6.07, 6.45) is 4.31. The van der Waals surface area contributed by atoms with Crippen molar-refractivity contribution in [3.8, 4) is 22.3 Å². The smallest absolute Gasteiger partial charge is 0.134 e. The molecule has 0 aliphatic heterocycles. The SMILES string of the molecule is CC(C)=CCNc1ccc(-c2c(C)c(C)c(-c3ccc(NCC=C(C)C)cc3)c(F)c2C)cc1. The van der Waals surface area contributed by atoms with Crippen LogP contribution in [-0.4, -0.2) is 13.1 Å². The molecule has 0 saturated carbocycles. The predicted molar refractivity (Wildman–Crippen MR) is 147 cm³/mol. The summed E-state index contributed by atoms with van der Waals surface area (Å²) in [6.45, 7) is 15.9. The highest BCUT2D eigenvalue weighted by atomic mass is 19.1. The average Bonchev–Trinajstić information content (AvgIpc) is 2.79. The molecule has 34 heavy (non-hydrogen) atoms. The lowest BCUT2D eigenvalue weighted by atomic mass is 9.86. The van der Waals surface area contributed by atoms with Crippen molar-refractivity contribution < 1.29 is 4.39 Å². The van der Waals surface area contributed by atoms with Crippen LogP contribution in [0.25, 0.3) is 22.3 Å². The molecule has 0 atom stereocenters. The van der Waals surface area contributed by atoms with Crippen LogP contribution in [0.2, 0.25) is 0 Å². The first-order valence-corrected chi connectivity index (χ1v) is 11.9. The lowest BCUT2D eigenvalue weighted by Crippen LogP contribution is -2.02. The van der Waals surface area contributed by atoms with E-state index < -0.39 is 0 Å². The predicted octanol–water partition coefficient (Wildman–Crippen LogP) is 8.84. The summed E-state index contributed by atoms with van der Waals surface area (Å²) in [7, 11) is 0. The topological polar surface area (TPSA) is 24.1 Å². The van der Waals surface area contributed by atoms with Crippen molar-refractivity contribution in [2.75, 3.05) is 23.7 Å². The standard InChI is InChI=1S/C31H37FN2/c1-20(2)16-18-33-27-12-8-25(9-13-27)29-22(5)23(6)30(31(32)24(29)7)26-10-14-28(15-11-26)34-19-17-21(3)4/h8-17,33-34H,18-19H2,1-7H3. The molecule has 0 aliphatic rings. The summed E-state index contributed by atoms with van der Waals surface area (Å²) in [6, 6.07) is 16.3. The molecule has 3 heteroatoms. The molecule has 3 aromatic rings. The molecular formula is C31H37FN2. The molecule has 3 rings (SSSR count). The van der Waals surface area contributed by atoms with Gasteiger partial charge in [0.2, 0.25) is 0 Å². The van der Waals surface area contributed by atoms with Crippen LogP contribution in [0.1, 0.15) is 44.4 Å². The van der Waals surface area contributed by atoms with Gasteiger partial charge in [-0.15, -0.1) is 0 Å². The van der Waals surface area contributed by atoms with Crippen LogP contribution in [0.5, 0.6) is 0 Å². The van der Waals surface area contributed by atoms with Gasteiger partial charge in [-0.1, -0.05) is 47.6 Å². The summed E-state index contributed by atoms with van der Waals surface area (Å²) in [5, 5.41) is 6.78. The average molecular weight is 457 g/mol. The Morgan fingerprint density at radius 1 is 0.618 bits per heavy atom. The van der Waals surface area contributed by atoms with E-state index in [4.69, 9.17) is 0 Å². The first-order valence-electron chi connectivity index (χ1n) is 11.9. The Morgan fingerprint density at radius 2 is 1.00 bits per heavy atom. The number of anilines is 2. The van der Waals surface area contributed by atoms with Crippen molar-refractivity contribution >= 4 is 11.4 Å². The third-order valence-corrected chi connectivity index (χ3v) is 6.22. The molecule has 0 aromatic heterocycles. The van der Waals surface area contributed by atoms with Crippen LogP contribution in [0.3, 0.4) is 0 Å². The maximum atomic E-state index is 15.7. The van der Waals surface area contributed by atoms with E-state index in [9.17, 15) is 0 Å². The largest absolute Gasteiger partial charge is 0.382 e. The molecule has 0 amide bonds. The highest BCUT2D eigenvalue weighted by Gasteiger charge is 2.19. The maximum absolute atomic E-state index is 15.7. The minimum atomic E-state index is -0.144. The van der Waals surface area contributed by atoms with Crippen LogP contribution in [-0.2, 0) is 0 Å². The number of hydrogen-bond acceptors (Lipinski definition) is 2. The zero-order valence-electron chi connectivity index (χ0n) is 21.6. The second-order valence-corrected chi connectivity index (χ2v) is 9.42. The van der Waals surface area contributed by atoms with Gasteiger partial charge in [0.25, 0.3) is 0 Å². The number of halogens is 1. The first kappa shape index (κ1) is 25.3. The Balaban J connectivity index is 1.90. The molecule has 2 N–H and O–H groups in total. The molecule has 0 aliphatic carbocycles. The Labute approximate surface area is 204 Å². The highest BCUT2D eigenvalue weighted by Crippen LogP contribution is 2.39. The van der Waals surface area contributed by atoms with Crippen LogP contribution in [0.15, 0.2) is 71.8 Å². The summed E-state index contributed by atoms with van der Waals surface area (Å²) >= 11 is 0. The number of rotatable bonds is 8. The van der Waals surface area contributed by atoms with E-state index in [1.165, 1.54) is 11.1 Å². The Bertz CT molecular complexity index is 1070. The summed E-state index contributed by atoms with van der Waals surface area (Å²) < 4.78 is 15.7. The van der Waals surface area contributed by atoms with E-state index in [-0.39, 0.29) is 5.82 Å². The summed E-state index contributed by atoms with van der Waals surface area (Å²) in [5.74, 6) is -0.144. The van der Waals surface area contributed by atoms with Crippen molar-refractivity contribution in [1.29, 1.82) is 0 Å². The van der Waals surface area contributed by atoms with Crippen LogP contribution in [0, 0.1) is 26.6 Å². The summed E-state index contributed by atoms with van der Waals surface area (Å²) in [4.78, 5) is 0. The highest BCUT2D eigenvalue weighted by molar-refractivity contribution is 5.81. The van der Waals surface area contributed by atoms with E-state index in [2.05, 4.69) is 81.7 Å². The molecular weight excluding hydrogens is 419 g/mol. The second kappa shape index (κ2) is 11.2. The molecule has 2 nitrogen and oxygen atoms in total. The van der Waals surface area contributed by atoms with Gasteiger partial charge in [0.1, 0.15) is 5.82 Å². The number of benzene rings is 3. The monoisotopic (exact) mass is 456 g/mol. The summed E-state index contributed by atoms with van der Waals surface area (Å²) in [5.41, 5.74) is 11.1. The molecule has 0 radical (unpaired) electrons. The van der Waals surface area contributed by atoms with Gasteiger partial charge in [0, 0.05) is 30.0 Å². The third-order valence-electron chi connectivity index (χ3n) is 6.22. The molecule has 0 saturated heterocycles. The van der Waals surface area contributed by atoms with Gasteiger partial charge in [0.15, 0.2) is 0 Å². The van der Waals surface area contributed by atoms with E-state index >= 15 is 4.39 Å². The third kappa shape index (κ3) is 5.96. The Morgan fingerprint density at radius 3 is 1.41 bits per heavy atom. The van der Waals surface area contributed by atoms with Gasteiger partial charge < -0.3 is 10.6 Å². The van der Waals surface area contributed by atoms with E-state index in [0.29, 0.717) is 11.1 Å². The lowest BCUT2D eigenvalue weighted by Gasteiger charge is -2.19. The normalized spacial score (nSPS) is 10.6. The Kier molecular flexibility index (Phi) is 8.33. The van der Waals surface area contributed by atoms with Crippen LogP contribution in [0.4, 0.5) is 15.8 Å². The van der Waals surface area contributed by atoms with E-state index in [1.807, 2.05) is 38.1 Å². The molecule has 0 bridgehead atoms. The molecule has 178 valence electrons. The molecule has 0 unspecified atom stereocenters. The van der Waals surface area contributed by atoms with Gasteiger partial charge in [-0.3, -0.25) is 0 Å². The number of allylic oxidation sites excluding steroid dienone is 2. The molecule has 0 heterocycles. The van der Waals surface area contributed by atoms with Gasteiger partial charge in [-0.2, -0.15) is 0 Å². The minimum Gasteiger partial charge on any atom is -0.382 e. The van der Waals surface area contributed by atoms with Crippen LogP contribution < -0.4 is 10.6 Å². The van der Waals surface area contributed by atoms with Gasteiger partial charge >= 0.3 is 0 Å². The Hall–Kier alpha value is -3.33. The zero-order chi connectivity index (χ0) is 24.8. The van der Waals surface area contributed by atoms with E-state index in [1.54, 1.807) is 0 Å². The van der Waals surface area contributed by atoms with Gasteiger partial charge in [0.05, 0.1) is 0 Å². The molecule has 0 fully saturated rings. The van der Waals surface area contributed by atoms with Crippen molar-refractivity contribution in [3.63, 3.8) is 0 Å². The first-order chi connectivity index (χ1) is 16.2. The number of hydrogen-bond donors (Lipinski definition) is 2. The lowest BCUT2D eigenvalue weighted by molar-refractivity contribution is 0.621. The second-order valence-electron chi connectivity index (χ2n) is 9.42. The minimum absolute atomic E-state index is 0.144. The number of nitrogens with one attached hydrogen (secondary N) is 2. The van der Waals surface area contributed by atoms with Crippen molar-refractivity contribution in [2.24, 2.45) is 0 Å². The molecule has 3 aromatic carbocycles. The quantitative estimate of drug-likeness (QED) is 0.331. The van der Waals surface area contributed by atoms with Crippen LogP contribution >= 0.6 is 0 Å². The van der Waals surface area contributed by atoms with Gasteiger partial charge in [-0.05, 0) is 106 Å².